The minimum Gasteiger partial charge on any atom is -0.387 e. The molecule has 0 saturated heterocycles. The zero-order valence-electron chi connectivity index (χ0n) is 21.6. The molecule has 0 spiro atoms. The number of benzene rings is 5. The van der Waals surface area contributed by atoms with Gasteiger partial charge in [0.05, 0.1) is 6.10 Å². The van der Waals surface area contributed by atoms with Crippen molar-refractivity contribution in [2.75, 3.05) is 0 Å². The van der Waals surface area contributed by atoms with E-state index in [9.17, 15) is 5.11 Å². The molecule has 0 amide bonds. The van der Waals surface area contributed by atoms with Crippen molar-refractivity contribution in [1.29, 1.82) is 0 Å². The zero-order valence-corrected chi connectivity index (χ0v) is 23.4. The van der Waals surface area contributed by atoms with Gasteiger partial charge in [-0.25, -0.2) is 0 Å². The first-order chi connectivity index (χ1) is 19.3. The summed E-state index contributed by atoms with van der Waals surface area (Å²) in [6.07, 6.45) is 5.90. The van der Waals surface area contributed by atoms with E-state index in [0.717, 1.165) is 5.56 Å². The summed E-state index contributed by atoms with van der Waals surface area (Å²) in [5.41, 5.74) is 1.01. The Morgan fingerprint density at radius 2 is 0.897 bits per heavy atom. The van der Waals surface area contributed by atoms with Crippen LogP contribution in [0.1, 0.15) is 11.7 Å². The maximum absolute atomic E-state index is 12.2. The van der Waals surface area contributed by atoms with Crippen LogP contribution in [0.4, 0.5) is 0 Å². The third-order valence-electron chi connectivity index (χ3n) is 7.08. The van der Waals surface area contributed by atoms with Crippen molar-refractivity contribution in [1.82, 2.24) is 0 Å². The highest BCUT2D eigenvalue weighted by Crippen LogP contribution is 2.52. The van der Waals surface area contributed by atoms with Gasteiger partial charge in [-0.2, -0.15) is 0 Å². The molecule has 0 aromatic heterocycles. The Morgan fingerprint density at radius 1 is 0.487 bits per heavy atom. The van der Waals surface area contributed by atoms with Crippen molar-refractivity contribution < 1.29 is 5.11 Å². The molecule has 39 heavy (non-hydrogen) atoms. The molecule has 5 aromatic carbocycles. The molecule has 1 aliphatic carbocycles. The van der Waals surface area contributed by atoms with E-state index in [4.69, 9.17) is 0 Å². The highest BCUT2D eigenvalue weighted by molar-refractivity contribution is 7.80. The summed E-state index contributed by atoms with van der Waals surface area (Å²) in [4.78, 5) is 0. The minimum atomic E-state index is -0.829. The van der Waals surface area contributed by atoms with Gasteiger partial charge in [-0.15, -0.1) is 0 Å². The van der Waals surface area contributed by atoms with Crippen molar-refractivity contribution in [3.8, 4) is 0 Å². The van der Waals surface area contributed by atoms with Gasteiger partial charge >= 0.3 is 0 Å². The average molecular weight is 541 g/mol. The van der Waals surface area contributed by atoms with Gasteiger partial charge in [0.25, 0.3) is 0 Å². The van der Waals surface area contributed by atoms with Crippen LogP contribution in [-0.2, 0) is 0 Å². The van der Waals surface area contributed by atoms with Crippen LogP contribution < -0.4 is 26.5 Å². The minimum absolute atomic E-state index is 0.0962. The van der Waals surface area contributed by atoms with Crippen LogP contribution in [0.25, 0.3) is 0 Å². The molecular formula is C36H30OP2. The van der Waals surface area contributed by atoms with E-state index < -0.39 is 21.9 Å². The van der Waals surface area contributed by atoms with Crippen LogP contribution in [0.15, 0.2) is 169 Å². The van der Waals surface area contributed by atoms with Gasteiger partial charge in [0.2, 0.25) is 0 Å². The lowest BCUT2D eigenvalue weighted by Crippen LogP contribution is -2.27. The number of allylic oxidation sites excluding steroid dienone is 2. The van der Waals surface area contributed by atoms with Gasteiger partial charge in [-0.05, 0) is 53.2 Å². The van der Waals surface area contributed by atoms with Crippen LogP contribution >= 0.6 is 15.8 Å². The summed E-state index contributed by atoms with van der Waals surface area (Å²) in [6, 6.07) is 51.4. The van der Waals surface area contributed by atoms with E-state index in [1.165, 1.54) is 31.8 Å². The Morgan fingerprint density at radius 3 is 1.38 bits per heavy atom. The fourth-order valence-electron chi connectivity index (χ4n) is 5.29. The molecule has 190 valence electrons. The molecule has 1 unspecified atom stereocenters. The fraction of sp³-hybridized carbons (Fsp3) is 0.0556. The van der Waals surface area contributed by atoms with E-state index >= 15 is 0 Å². The third-order valence-corrected chi connectivity index (χ3v) is 12.2. The lowest BCUT2D eigenvalue weighted by Gasteiger charge is -2.30. The first-order valence-corrected chi connectivity index (χ1v) is 16.0. The Kier molecular flexibility index (Phi) is 7.94. The van der Waals surface area contributed by atoms with E-state index in [0.29, 0.717) is 0 Å². The second-order valence-corrected chi connectivity index (χ2v) is 13.9. The maximum atomic E-state index is 12.2. The largest absolute Gasteiger partial charge is 0.387 e. The molecule has 0 aliphatic heterocycles. The highest BCUT2D eigenvalue weighted by Gasteiger charge is 2.33. The second kappa shape index (κ2) is 12.1. The van der Waals surface area contributed by atoms with E-state index in [1.54, 1.807) is 0 Å². The van der Waals surface area contributed by atoms with Crippen molar-refractivity contribution in [2.24, 2.45) is 5.92 Å². The summed E-state index contributed by atoms with van der Waals surface area (Å²) in [5, 5.41) is 19.9. The molecule has 0 fully saturated rings. The van der Waals surface area contributed by atoms with Gasteiger partial charge in [0.1, 0.15) is 0 Å². The van der Waals surface area contributed by atoms with Crippen LogP contribution in [0.5, 0.6) is 0 Å². The first kappa shape index (κ1) is 25.7. The standard InChI is InChI=1S/C36H30OP2/c37-36(33-25-15-27-35(33)39(30-20-9-3-10-21-30)31-22-11-4-12-23-31)32-24-13-14-26-34(32)38(28-16-5-1-6-17-28)29-18-7-2-8-19-29/h1-27,33,36-37H/t33?,36-/m0/s1. The summed E-state index contributed by atoms with van der Waals surface area (Å²) in [5.74, 6) is -0.0962. The highest BCUT2D eigenvalue weighted by atomic mass is 31.1. The van der Waals surface area contributed by atoms with Gasteiger partial charge < -0.3 is 5.11 Å². The quantitative estimate of drug-likeness (QED) is 0.218. The fourth-order valence-corrected chi connectivity index (χ4v) is 10.4. The van der Waals surface area contributed by atoms with Crippen molar-refractivity contribution in [3.63, 3.8) is 0 Å². The number of hydrogen-bond acceptors (Lipinski definition) is 1. The SMILES string of the molecule is O[C@@H](c1ccccc1P(c1ccccc1)c1ccccc1)C1C=CC=C1P(c1ccccc1)c1ccccc1. The van der Waals surface area contributed by atoms with Crippen molar-refractivity contribution in [3.05, 3.63) is 175 Å². The van der Waals surface area contributed by atoms with Crippen molar-refractivity contribution in [2.45, 2.75) is 6.10 Å². The molecule has 0 radical (unpaired) electrons. The monoisotopic (exact) mass is 540 g/mol. The number of aliphatic hydroxyl groups is 1. The molecule has 6 rings (SSSR count). The van der Waals surface area contributed by atoms with Gasteiger partial charge in [-0.1, -0.05) is 164 Å². The van der Waals surface area contributed by atoms with Crippen molar-refractivity contribution >= 4 is 42.4 Å². The molecular weight excluding hydrogens is 510 g/mol. The molecule has 0 saturated carbocycles. The number of aliphatic hydroxyl groups excluding tert-OH is 1. The van der Waals surface area contributed by atoms with E-state index in [1.807, 2.05) is 0 Å². The van der Waals surface area contributed by atoms with Crippen LogP contribution in [-0.4, -0.2) is 5.11 Å². The maximum Gasteiger partial charge on any atom is 0.0900 e. The summed E-state index contributed by atoms with van der Waals surface area (Å²) in [6.45, 7) is 0. The smallest absolute Gasteiger partial charge is 0.0900 e. The third kappa shape index (κ3) is 5.45. The Hall–Kier alpha value is -3.60. The lowest BCUT2D eigenvalue weighted by molar-refractivity contribution is 0.151. The number of hydrogen-bond donors (Lipinski definition) is 1. The summed E-state index contributed by atoms with van der Waals surface area (Å²) >= 11 is 0. The average Bonchev–Trinajstić information content (AvgIpc) is 3.49. The molecule has 5 aromatic rings. The predicted molar refractivity (Wildman–Crippen MR) is 170 cm³/mol. The summed E-state index contributed by atoms with van der Waals surface area (Å²) in [7, 11) is -1.61. The number of rotatable bonds is 8. The molecule has 1 nitrogen and oxygen atoms in total. The van der Waals surface area contributed by atoms with Crippen LogP contribution in [0.3, 0.4) is 0 Å². The van der Waals surface area contributed by atoms with Gasteiger partial charge in [0, 0.05) is 5.92 Å². The lowest BCUT2D eigenvalue weighted by atomic mass is 9.97. The van der Waals surface area contributed by atoms with E-state index in [2.05, 4.69) is 164 Å². The van der Waals surface area contributed by atoms with Gasteiger partial charge in [0.15, 0.2) is 0 Å². The molecule has 1 N–H and O–H groups in total. The zero-order chi connectivity index (χ0) is 26.4. The van der Waals surface area contributed by atoms with E-state index in [-0.39, 0.29) is 5.92 Å². The predicted octanol–water partition coefficient (Wildman–Crippen LogP) is 6.68. The normalized spacial score (nSPS) is 15.5. The topological polar surface area (TPSA) is 20.2 Å². The molecule has 1 aliphatic rings. The van der Waals surface area contributed by atoms with Crippen LogP contribution in [0.2, 0.25) is 0 Å². The summed E-state index contributed by atoms with van der Waals surface area (Å²) < 4.78 is 0. The van der Waals surface area contributed by atoms with Crippen LogP contribution in [0, 0.1) is 5.92 Å². The molecule has 2 atom stereocenters. The molecule has 0 bridgehead atoms. The van der Waals surface area contributed by atoms with Gasteiger partial charge in [-0.3, -0.25) is 0 Å². The Labute approximate surface area is 233 Å². The molecule has 3 heteroatoms. The first-order valence-electron chi connectivity index (χ1n) is 13.3. The Balaban J connectivity index is 1.43. The Bertz CT molecular complexity index is 1490. The second-order valence-electron chi connectivity index (χ2n) is 9.52. The molecule has 0 heterocycles.